The molecule has 1 saturated heterocycles. The van der Waals surface area contributed by atoms with Crippen LogP contribution in [0.4, 0.5) is 4.39 Å². The zero-order valence-electron chi connectivity index (χ0n) is 12.8. The summed E-state index contributed by atoms with van der Waals surface area (Å²) < 4.78 is 40.3. The number of nitrogens with zero attached hydrogens (tertiary/aromatic N) is 3. The standard InChI is InChI=1S/C16H18FN3O2S/c1-12-9-14(17)11-15(10-12)23(21,22)20-7-3-13(4-8-20)16-18-5-2-6-19-16/h2,5-6,9-11,13H,3-4,7-8H2,1H3. The minimum Gasteiger partial charge on any atom is -0.241 e. The molecule has 5 nitrogen and oxygen atoms in total. The number of piperidine rings is 1. The van der Waals surface area contributed by atoms with E-state index in [9.17, 15) is 12.8 Å². The quantitative estimate of drug-likeness (QED) is 0.864. The van der Waals surface area contributed by atoms with Gasteiger partial charge in [0.2, 0.25) is 10.0 Å². The zero-order valence-corrected chi connectivity index (χ0v) is 13.6. The summed E-state index contributed by atoms with van der Waals surface area (Å²) in [6.45, 7) is 2.46. The molecule has 2 heterocycles. The highest BCUT2D eigenvalue weighted by atomic mass is 32.2. The van der Waals surface area contributed by atoms with Gasteiger partial charge in [0.1, 0.15) is 11.6 Å². The first kappa shape index (κ1) is 16.0. The third-order valence-corrected chi connectivity index (χ3v) is 5.93. The van der Waals surface area contributed by atoms with Gasteiger partial charge >= 0.3 is 0 Å². The van der Waals surface area contributed by atoms with E-state index in [4.69, 9.17) is 0 Å². The lowest BCUT2D eigenvalue weighted by Gasteiger charge is -2.30. The number of rotatable bonds is 3. The zero-order chi connectivity index (χ0) is 16.4. The molecule has 1 aliphatic heterocycles. The highest BCUT2D eigenvalue weighted by Crippen LogP contribution is 2.29. The Morgan fingerprint density at radius 2 is 1.78 bits per heavy atom. The number of benzene rings is 1. The predicted octanol–water partition coefficient (Wildman–Crippen LogP) is 2.49. The molecule has 122 valence electrons. The summed E-state index contributed by atoms with van der Waals surface area (Å²) in [7, 11) is -3.66. The highest BCUT2D eigenvalue weighted by Gasteiger charge is 2.31. The van der Waals surface area contributed by atoms with Crippen molar-refractivity contribution in [2.75, 3.05) is 13.1 Å². The molecule has 0 atom stereocenters. The van der Waals surface area contributed by atoms with Crippen molar-refractivity contribution in [1.29, 1.82) is 0 Å². The Bertz CT molecular complexity index is 768. The second-order valence-corrected chi connectivity index (χ2v) is 7.69. The van der Waals surface area contributed by atoms with E-state index in [0.717, 1.165) is 11.9 Å². The van der Waals surface area contributed by atoms with Gasteiger partial charge in [0, 0.05) is 31.4 Å². The number of sulfonamides is 1. The first-order valence-corrected chi connectivity index (χ1v) is 8.95. The van der Waals surface area contributed by atoms with Crippen LogP contribution in [-0.2, 0) is 10.0 Å². The maximum absolute atomic E-state index is 13.5. The molecular weight excluding hydrogens is 317 g/mol. The molecule has 7 heteroatoms. The highest BCUT2D eigenvalue weighted by molar-refractivity contribution is 7.89. The van der Waals surface area contributed by atoms with Crippen LogP contribution < -0.4 is 0 Å². The molecule has 1 aromatic heterocycles. The molecule has 2 aromatic rings. The SMILES string of the molecule is Cc1cc(F)cc(S(=O)(=O)N2CCC(c3ncccn3)CC2)c1. The van der Waals surface area contributed by atoms with Crippen molar-refractivity contribution in [1.82, 2.24) is 14.3 Å². The van der Waals surface area contributed by atoms with Crippen LogP contribution >= 0.6 is 0 Å². The number of hydrogen-bond acceptors (Lipinski definition) is 4. The summed E-state index contributed by atoms with van der Waals surface area (Å²) in [4.78, 5) is 8.50. The van der Waals surface area contributed by atoms with Crippen molar-refractivity contribution in [3.05, 3.63) is 53.9 Å². The smallest absolute Gasteiger partial charge is 0.241 e. The van der Waals surface area contributed by atoms with E-state index in [2.05, 4.69) is 9.97 Å². The van der Waals surface area contributed by atoms with Gasteiger partial charge in [-0.3, -0.25) is 0 Å². The summed E-state index contributed by atoms with van der Waals surface area (Å²) in [5, 5.41) is 0. The van der Waals surface area contributed by atoms with Gasteiger partial charge in [-0.2, -0.15) is 4.31 Å². The van der Waals surface area contributed by atoms with Crippen LogP contribution in [0.2, 0.25) is 0 Å². The van der Waals surface area contributed by atoms with Crippen LogP contribution in [-0.4, -0.2) is 35.8 Å². The van der Waals surface area contributed by atoms with Gasteiger partial charge in [0.05, 0.1) is 4.90 Å². The monoisotopic (exact) mass is 335 g/mol. The summed E-state index contributed by atoms with van der Waals surface area (Å²) >= 11 is 0. The topological polar surface area (TPSA) is 63.2 Å². The molecule has 0 spiro atoms. The van der Waals surface area contributed by atoms with E-state index in [0.29, 0.717) is 31.5 Å². The molecule has 1 aliphatic rings. The third kappa shape index (κ3) is 3.40. The van der Waals surface area contributed by atoms with Crippen LogP contribution in [0.1, 0.15) is 30.1 Å². The van der Waals surface area contributed by atoms with Crippen LogP contribution in [0.25, 0.3) is 0 Å². The molecular formula is C16H18FN3O2S. The second-order valence-electron chi connectivity index (χ2n) is 5.75. The fourth-order valence-corrected chi connectivity index (χ4v) is 4.46. The lowest BCUT2D eigenvalue weighted by molar-refractivity contribution is 0.313. The Morgan fingerprint density at radius 1 is 1.13 bits per heavy atom. The number of halogens is 1. The molecule has 0 aliphatic carbocycles. The molecule has 0 saturated carbocycles. The van der Waals surface area contributed by atoms with E-state index >= 15 is 0 Å². The number of hydrogen-bond donors (Lipinski definition) is 0. The lowest BCUT2D eigenvalue weighted by Crippen LogP contribution is -2.38. The van der Waals surface area contributed by atoms with E-state index < -0.39 is 15.8 Å². The molecule has 0 N–H and O–H groups in total. The summed E-state index contributed by atoms with van der Waals surface area (Å²) in [5.41, 5.74) is 0.594. The van der Waals surface area contributed by atoms with Gasteiger partial charge in [-0.15, -0.1) is 0 Å². The molecule has 0 unspecified atom stereocenters. The Kier molecular flexibility index (Phi) is 4.41. The summed E-state index contributed by atoms with van der Waals surface area (Å²) in [6.07, 6.45) is 4.72. The maximum Gasteiger partial charge on any atom is 0.243 e. The molecule has 0 amide bonds. The molecule has 23 heavy (non-hydrogen) atoms. The molecule has 0 bridgehead atoms. The fraction of sp³-hybridized carbons (Fsp3) is 0.375. The number of aryl methyl sites for hydroxylation is 1. The Hall–Kier alpha value is -1.86. The average molecular weight is 335 g/mol. The third-order valence-electron chi connectivity index (χ3n) is 4.06. The maximum atomic E-state index is 13.5. The van der Waals surface area contributed by atoms with Gasteiger partial charge in [-0.05, 0) is 49.6 Å². The van der Waals surface area contributed by atoms with E-state index in [1.807, 2.05) is 0 Å². The molecule has 1 fully saturated rings. The van der Waals surface area contributed by atoms with Gasteiger partial charge < -0.3 is 0 Å². The normalized spacial score (nSPS) is 17.3. The number of aromatic nitrogens is 2. The predicted molar refractivity (Wildman–Crippen MR) is 83.9 cm³/mol. The van der Waals surface area contributed by atoms with E-state index in [1.165, 1.54) is 16.4 Å². The van der Waals surface area contributed by atoms with Crippen molar-refractivity contribution in [2.24, 2.45) is 0 Å². The van der Waals surface area contributed by atoms with Gasteiger partial charge in [0.25, 0.3) is 0 Å². The molecule has 0 radical (unpaired) electrons. The first-order chi connectivity index (χ1) is 11.0. The van der Waals surface area contributed by atoms with Crippen molar-refractivity contribution < 1.29 is 12.8 Å². The Morgan fingerprint density at radius 3 is 2.39 bits per heavy atom. The summed E-state index contributed by atoms with van der Waals surface area (Å²) in [6, 6.07) is 5.66. The van der Waals surface area contributed by atoms with Crippen LogP contribution in [0.5, 0.6) is 0 Å². The van der Waals surface area contributed by atoms with Crippen molar-refractivity contribution in [3.8, 4) is 0 Å². The van der Waals surface area contributed by atoms with Gasteiger partial charge in [-0.1, -0.05) is 0 Å². The fourth-order valence-electron chi connectivity index (χ4n) is 2.88. The van der Waals surface area contributed by atoms with Crippen LogP contribution in [0.3, 0.4) is 0 Å². The van der Waals surface area contributed by atoms with Crippen LogP contribution in [0, 0.1) is 12.7 Å². The van der Waals surface area contributed by atoms with Gasteiger partial charge in [-0.25, -0.2) is 22.8 Å². The molecule has 1 aromatic carbocycles. The van der Waals surface area contributed by atoms with Crippen molar-refractivity contribution >= 4 is 10.0 Å². The average Bonchev–Trinajstić information content (AvgIpc) is 2.55. The Labute approximate surface area is 135 Å². The molecule has 3 rings (SSSR count). The minimum absolute atomic E-state index is 0.0180. The first-order valence-electron chi connectivity index (χ1n) is 7.51. The lowest BCUT2D eigenvalue weighted by atomic mass is 9.97. The summed E-state index contributed by atoms with van der Waals surface area (Å²) in [5.74, 6) is 0.388. The van der Waals surface area contributed by atoms with Crippen LogP contribution in [0.15, 0.2) is 41.6 Å². The van der Waals surface area contributed by atoms with E-state index in [-0.39, 0.29) is 10.8 Å². The van der Waals surface area contributed by atoms with Crippen molar-refractivity contribution in [3.63, 3.8) is 0 Å². The van der Waals surface area contributed by atoms with Gasteiger partial charge in [0.15, 0.2) is 0 Å². The Balaban J connectivity index is 1.76. The largest absolute Gasteiger partial charge is 0.243 e. The van der Waals surface area contributed by atoms with E-state index in [1.54, 1.807) is 25.4 Å². The second kappa shape index (κ2) is 6.33. The minimum atomic E-state index is -3.66. The van der Waals surface area contributed by atoms with Crippen molar-refractivity contribution in [2.45, 2.75) is 30.6 Å².